The Kier molecular flexibility index (Phi) is 9.99. The van der Waals surface area contributed by atoms with E-state index in [1.807, 2.05) is 43.5 Å². The van der Waals surface area contributed by atoms with Crippen LogP contribution in [0.15, 0.2) is 47.6 Å². The molecule has 1 saturated heterocycles. The summed E-state index contributed by atoms with van der Waals surface area (Å²) in [5.74, 6) is 3.38. The maximum atomic E-state index is 5.66. The molecule has 2 aromatic rings. The zero-order valence-corrected chi connectivity index (χ0v) is 20.3. The van der Waals surface area contributed by atoms with Gasteiger partial charge in [0, 0.05) is 38.9 Å². The zero-order valence-electron chi connectivity index (χ0n) is 17.9. The normalized spacial score (nSPS) is 14.6. The topological polar surface area (TPSA) is 71.0 Å². The van der Waals surface area contributed by atoms with Crippen LogP contribution in [0.3, 0.4) is 0 Å². The van der Waals surface area contributed by atoms with E-state index in [-0.39, 0.29) is 24.0 Å². The molecule has 8 heteroatoms. The maximum Gasteiger partial charge on any atom is 0.191 e. The largest absolute Gasteiger partial charge is 0.493 e. The number of piperidine rings is 1. The smallest absolute Gasteiger partial charge is 0.191 e. The van der Waals surface area contributed by atoms with Gasteiger partial charge in [0.25, 0.3) is 0 Å². The molecule has 164 valence electrons. The highest BCUT2D eigenvalue weighted by Crippen LogP contribution is 2.28. The van der Waals surface area contributed by atoms with Crippen molar-refractivity contribution in [2.24, 2.45) is 4.99 Å². The van der Waals surface area contributed by atoms with Gasteiger partial charge in [0.1, 0.15) is 5.82 Å². The summed E-state index contributed by atoms with van der Waals surface area (Å²) in [6.07, 6.45) is 3.95. The third kappa shape index (κ3) is 6.65. The van der Waals surface area contributed by atoms with Crippen LogP contribution in [0.4, 0.5) is 5.82 Å². The van der Waals surface area contributed by atoms with Crippen LogP contribution in [0, 0.1) is 0 Å². The number of pyridine rings is 1. The van der Waals surface area contributed by atoms with Gasteiger partial charge in [0.05, 0.1) is 13.7 Å². The summed E-state index contributed by atoms with van der Waals surface area (Å²) in [6.45, 7) is 5.21. The minimum absolute atomic E-state index is 0. The molecule has 0 bridgehead atoms. The van der Waals surface area contributed by atoms with Gasteiger partial charge in [0.15, 0.2) is 17.5 Å². The molecule has 1 aromatic carbocycles. The molecule has 0 amide bonds. The Morgan fingerprint density at radius 3 is 2.63 bits per heavy atom. The standard InChI is InChI=1S/C22H31N5O2.HI/c1-4-29-20-15-17(8-9-19(20)28-3)16-25-22(23-2)26-18-10-13-27(14-11-18)21-7-5-6-12-24-21;/h5-9,12,15,18H,4,10-11,13-14,16H2,1-3H3,(H2,23,25,26);1H. The lowest BCUT2D eigenvalue weighted by molar-refractivity contribution is 0.310. The fourth-order valence-electron chi connectivity index (χ4n) is 3.47. The number of guanidine groups is 1. The Hall–Kier alpha value is -2.23. The quantitative estimate of drug-likeness (QED) is 0.328. The van der Waals surface area contributed by atoms with Crippen LogP contribution in [0.25, 0.3) is 0 Å². The molecule has 1 aliphatic heterocycles. The van der Waals surface area contributed by atoms with Crippen LogP contribution < -0.4 is 25.0 Å². The van der Waals surface area contributed by atoms with Crippen LogP contribution in [-0.2, 0) is 6.54 Å². The number of anilines is 1. The molecule has 30 heavy (non-hydrogen) atoms. The Bertz CT molecular complexity index is 795. The van der Waals surface area contributed by atoms with Crippen molar-refractivity contribution in [3.8, 4) is 11.5 Å². The third-order valence-corrected chi connectivity index (χ3v) is 5.02. The number of aromatic nitrogens is 1. The number of nitrogens with one attached hydrogen (secondary N) is 2. The highest BCUT2D eigenvalue weighted by Gasteiger charge is 2.20. The predicted octanol–water partition coefficient (Wildman–Crippen LogP) is 3.44. The minimum atomic E-state index is 0. The van der Waals surface area contributed by atoms with Crippen molar-refractivity contribution in [2.75, 3.05) is 38.8 Å². The molecule has 7 nitrogen and oxygen atoms in total. The molecular formula is C22H32IN5O2. The van der Waals surface area contributed by atoms with Crippen molar-refractivity contribution in [1.29, 1.82) is 0 Å². The average molecular weight is 525 g/mol. The van der Waals surface area contributed by atoms with E-state index in [0.29, 0.717) is 19.2 Å². The van der Waals surface area contributed by atoms with Gasteiger partial charge in [-0.05, 0) is 49.6 Å². The van der Waals surface area contributed by atoms with E-state index >= 15 is 0 Å². The first-order chi connectivity index (χ1) is 14.2. The summed E-state index contributed by atoms with van der Waals surface area (Å²) in [6, 6.07) is 12.4. The summed E-state index contributed by atoms with van der Waals surface area (Å²) in [5, 5.41) is 6.95. The van der Waals surface area contributed by atoms with E-state index in [1.54, 1.807) is 14.2 Å². The third-order valence-electron chi connectivity index (χ3n) is 5.02. The highest BCUT2D eigenvalue weighted by molar-refractivity contribution is 14.0. The van der Waals surface area contributed by atoms with E-state index < -0.39 is 0 Å². The van der Waals surface area contributed by atoms with Gasteiger partial charge < -0.3 is 25.0 Å². The Labute approximate surface area is 196 Å². The molecule has 0 saturated carbocycles. The van der Waals surface area contributed by atoms with E-state index in [4.69, 9.17) is 9.47 Å². The number of rotatable bonds is 7. The van der Waals surface area contributed by atoms with Crippen LogP contribution in [0.2, 0.25) is 0 Å². The SMILES string of the molecule is CCOc1cc(CNC(=NC)NC2CCN(c3ccccn3)CC2)ccc1OC.I. The molecule has 2 heterocycles. The van der Waals surface area contributed by atoms with Crippen LogP contribution in [-0.4, -0.2) is 50.8 Å². The van der Waals surface area contributed by atoms with Crippen molar-refractivity contribution in [3.63, 3.8) is 0 Å². The van der Waals surface area contributed by atoms with E-state index in [2.05, 4.69) is 31.6 Å². The Morgan fingerprint density at radius 2 is 2.00 bits per heavy atom. The Morgan fingerprint density at radius 1 is 1.20 bits per heavy atom. The number of halogens is 1. The van der Waals surface area contributed by atoms with E-state index in [9.17, 15) is 0 Å². The number of aliphatic imine (C=N–C) groups is 1. The molecule has 0 unspecified atom stereocenters. The molecular weight excluding hydrogens is 493 g/mol. The van der Waals surface area contributed by atoms with Crippen molar-refractivity contribution < 1.29 is 9.47 Å². The zero-order chi connectivity index (χ0) is 20.5. The molecule has 1 fully saturated rings. The van der Waals surface area contributed by atoms with Gasteiger partial charge >= 0.3 is 0 Å². The minimum Gasteiger partial charge on any atom is -0.493 e. The molecule has 2 N–H and O–H groups in total. The first kappa shape index (κ1) is 24.0. The summed E-state index contributed by atoms with van der Waals surface area (Å²) in [7, 11) is 3.46. The van der Waals surface area contributed by atoms with Gasteiger partial charge in [-0.2, -0.15) is 0 Å². The lowest BCUT2D eigenvalue weighted by atomic mass is 10.1. The summed E-state index contributed by atoms with van der Waals surface area (Å²) >= 11 is 0. The van der Waals surface area contributed by atoms with E-state index in [0.717, 1.165) is 54.8 Å². The summed E-state index contributed by atoms with van der Waals surface area (Å²) < 4.78 is 11.0. The van der Waals surface area contributed by atoms with Gasteiger partial charge in [0.2, 0.25) is 0 Å². The predicted molar refractivity (Wildman–Crippen MR) is 132 cm³/mol. The van der Waals surface area contributed by atoms with Crippen molar-refractivity contribution >= 4 is 35.8 Å². The average Bonchev–Trinajstić information content (AvgIpc) is 2.78. The fraction of sp³-hybridized carbons (Fsp3) is 0.455. The van der Waals surface area contributed by atoms with Gasteiger partial charge in [-0.15, -0.1) is 24.0 Å². The second-order valence-electron chi connectivity index (χ2n) is 6.94. The van der Waals surface area contributed by atoms with Crippen LogP contribution in [0.1, 0.15) is 25.3 Å². The number of hydrogen-bond acceptors (Lipinski definition) is 5. The molecule has 3 rings (SSSR count). The van der Waals surface area contributed by atoms with Crippen molar-refractivity contribution in [3.05, 3.63) is 48.2 Å². The number of nitrogens with zero attached hydrogens (tertiary/aromatic N) is 3. The Balaban J connectivity index is 0.00000320. The first-order valence-electron chi connectivity index (χ1n) is 10.2. The van der Waals surface area contributed by atoms with E-state index in [1.165, 1.54) is 0 Å². The molecule has 0 spiro atoms. The summed E-state index contributed by atoms with van der Waals surface area (Å²) in [4.78, 5) is 11.2. The first-order valence-corrected chi connectivity index (χ1v) is 10.2. The van der Waals surface area contributed by atoms with Gasteiger partial charge in [-0.3, -0.25) is 4.99 Å². The lowest BCUT2D eigenvalue weighted by Gasteiger charge is -2.33. The number of hydrogen-bond donors (Lipinski definition) is 2. The number of methoxy groups -OCH3 is 1. The van der Waals surface area contributed by atoms with Gasteiger partial charge in [-0.25, -0.2) is 4.98 Å². The van der Waals surface area contributed by atoms with Crippen molar-refractivity contribution in [1.82, 2.24) is 15.6 Å². The van der Waals surface area contributed by atoms with Gasteiger partial charge in [-0.1, -0.05) is 12.1 Å². The monoisotopic (exact) mass is 525 g/mol. The lowest BCUT2D eigenvalue weighted by Crippen LogP contribution is -2.48. The highest BCUT2D eigenvalue weighted by atomic mass is 127. The van der Waals surface area contributed by atoms with Crippen LogP contribution in [0.5, 0.6) is 11.5 Å². The molecule has 1 aromatic heterocycles. The maximum absolute atomic E-state index is 5.66. The molecule has 1 aliphatic rings. The molecule has 0 radical (unpaired) electrons. The number of ether oxygens (including phenoxy) is 2. The molecule has 0 aliphatic carbocycles. The second-order valence-corrected chi connectivity index (χ2v) is 6.94. The van der Waals surface area contributed by atoms with Crippen molar-refractivity contribution in [2.45, 2.75) is 32.4 Å². The summed E-state index contributed by atoms with van der Waals surface area (Å²) in [5.41, 5.74) is 1.11. The molecule has 0 atom stereocenters. The second kappa shape index (κ2) is 12.5. The van der Waals surface area contributed by atoms with Crippen LogP contribution >= 0.6 is 24.0 Å². The number of benzene rings is 1. The fourth-order valence-corrected chi connectivity index (χ4v) is 3.47.